The first kappa shape index (κ1) is 12.8. The average Bonchev–Trinajstić information content (AvgIpc) is 2.76. The molecule has 1 aromatic carbocycles. The number of hydrogen-bond acceptors (Lipinski definition) is 2. The lowest BCUT2D eigenvalue weighted by Crippen LogP contribution is -2.05. The van der Waals surface area contributed by atoms with Crippen LogP contribution in [0.2, 0.25) is 0 Å². The summed E-state index contributed by atoms with van der Waals surface area (Å²) in [5.41, 5.74) is 9.70. The van der Waals surface area contributed by atoms with Crippen LogP contribution in [0.1, 0.15) is 30.8 Å². The fourth-order valence-corrected chi connectivity index (χ4v) is 2.24. The van der Waals surface area contributed by atoms with Gasteiger partial charge in [0.05, 0.1) is 11.4 Å². The molecular formula is C14H18FN3. The van der Waals surface area contributed by atoms with Gasteiger partial charge in [0.1, 0.15) is 5.82 Å². The second-order valence-corrected chi connectivity index (χ2v) is 4.17. The van der Waals surface area contributed by atoms with E-state index in [0.29, 0.717) is 6.54 Å². The molecule has 1 heterocycles. The van der Waals surface area contributed by atoms with Gasteiger partial charge in [-0.15, -0.1) is 0 Å². The number of halogens is 1. The van der Waals surface area contributed by atoms with Gasteiger partial charge < -0.3 is 5.73 Å². The van der Waals surface area contributed by atoms with Gasteiger partial charge in [0, 0.05) is 17.8 Å². The van der Waals surface area contributed by atoms with Crippen LogP contribution in [0, 0.1) is 5.82 Å². The summed E-state index contributed by atoms with van der Waals surface area (Å²) in [5, 5.41) is 4.55. The predicted molar refractivity (Wildman–Crippen MR) is 70.2 cm³/mol. The van der Waals surface area contributed by atoms with E-state index >= 15 is 0 Å². The van der Waals surface area contributed by atoms with E-state index in [1.54, 1.807) is 6.07 Å². The SMILES string of the molecule is CCc1nn(-c2cccc(F)c2)c(CC)c1CN. The summed E-state index contributed by atoms with van der Waals surface area (Å²) < 4.78 is 15.1. The van der Waals surface area contributed by atoms with Gasteiger partial charge >= 0.3 is 0 Å². The van der Waals surface area contributed by atoms with E-state index in [2.05, 4.69) is 18.9 Å². The van der Waals surface area contributed by atoms with Crippen LogP contribution in [-0.4, -0.2) is 9.78 Å². The molecule has 0 amide bonds. The molecule has 2 aromatic rings. The van der Waals surface area contributed by atoms with Gasteiger partial charge in [-0.1, -0.05) is 19.9 Å². The van der Waals surface area contributed by atoms with E-state index < -0.39 is 0 Å². The fraction of sp³-hybridized carbons (Fsp3) is 0.357. The van der Waals surface area contributed by atoms with Crippen LogP contribution in [0.3, 0.4) is 0 Å². The lowest BCUT2D eigenvalue weighted by atomic mass is 10.1. The van der Waals surface area contributed by atoms with Gasteiger partial charge in [-0.2, -0.15) is 5.10 Å². The molecule has 0 aliphatic rings. The maximum absolute atomic E-state index is 13.3. The van der Waals surface area contributed by atoms with Gasteiger partial charge in [0.15, 0.2) is 0 Å². The molecule has 0 aliphatic heterocycles. The molecule has 18 heavy (non-hydrogen) atoms. The quantitative estimate of drug-likeness (QED) is 0.902. The highest BCUT2D eigenvalue weighted by atomic mass is 19.1. The Kier molecular flexibility index (Phi) is 3.77. The highest BCUT2D eigenvalue weighted by Crippen LogP contribution is 2.20. The third kappa shape index (κ3) is 2.16. The fourth-order valence-electron chi connectivity index (χ4n) is 2.24. The van der Waals surface area contributed by atoms with Gasteiger partial charge in [-0.3, -0.25) is 0 Å². The molecule has 0 saturated heterocycles. The third-order valence-corrected chi connectivity index (χ3v) is 3.10. The standard InChI is InChI=1S/C14H18FN3/c1-3-13-12(9-16)14(4-2)18(17-13)11-7-5-6-10(15)8-11/h5-8H,3-4,9,16H2,1-2H3. The number of nitrogens with zero attached hydrogens (tertiary/aromatic N) is 2. The van der Waals surface area contributed by atoms with Crippen molar-refractivity contribution >= 4 is 0 Å². The number of benzene rings is 1. The van der Waals surface area contributed by atoms with Crippen LogP contribution in [0.15, 0.2) is 24.3 Å². The number of aromatic nitrogens is 2. The number of aryl methyl sites for hydroxylation is 1. The second-order valence-electron chi connectivity index (χ2n) is 4.17. The summed E-state index contributed by atoms with van der Waals surface area (Å²) in [5.74, 6) is -0.252. The number of nitrogens with two attached hydrogens (primary N) is 1. The van der Waals surface area contributed by atoms with Crippen LogP contribution < -0.4 is 5.73 Å². The summed E-state index contributed by atoms with van der Waals surface area (Å²) in [4.78, 5) is 0. The molecule has 0 bridgehead atoms. The van der Waals surface area contributed by atoms with Crippen LogP contribution >= 0.6 is 0 Å². The lowest BCUT2D eigenvalue weighted by Gasteiger charge is -2.07. The Hall–Kier alpha value is -1.68. The van der Waals surface area contributed by atoms with E-state index in [9.17, 15) is 4.39 Å². The van der Waals surface area contributed by atoms with Crippen molar-refractivity contribution in [3.8, 4) is 5.69 Å². The molecule has 0 aliphatic carbocycles. The Balaban J connectivity index is 2.60. The maximum atomic E-state index is 13.3. The number of hydrogen-bond donors (Lipinski definition) is 1. The normalized spacial score (nSPS) is 10.9. The summed E-state index contributed by atoms with van der Waals surface area (Å²) in [6.07, 6.45) is 1.66. The average molecular weight is 247 g/mol. The molecule has 4 heteroatoms. The zero-order valence-corrected chi connectivity index (χ0v) is 10.8. The first-order valence-corrected chi connectivity index (χ1v) is 6.26. The monoisotopic (exact) mass is 247 g/mol. The molecule has 3 nitrogen and oxygen atoms in total. The van der Waals surface area contributed by atoms with E-state index in [1.807, 2.05) is 10.7 Å². The van der Waals surface area contributed by atoms with Crippen LogP contribution in [0.25, 0.3) is 5.69 Å². The minimum Gasteiger partial charge on any atom is -0.326 e. The highest BCUT2D eigenvalue weighted by Gasteiger charge is 2.15. The van der Waals surface area contributed by atoms with Gasteiger partial charge in [-0.25, -0.2) is 9.07 Å². The summed E-state index contributed by atoms with van der Waals surface area (Å²) in [6.45, 7) is 4.59. The molecule has 96 valence electrons. The Morgan fingerprint density at radius 1 is 1.28 bits per heavy atom. The topological polar surface area (TPSA) is 43.8 Å². The van der Waals surface area contributed by atoms with E-state index in [-0.39, 0.29) is 5.82 Å². The first-order chi connectivity index (χ1) is 8.71. The summed E-state index contributed by atoms with van der Waals surface area (Å²) in [7, 11) is 0. The van der Waals surface area contributed by atoms with Gasteiger partial charge in [0.25, 0.3) is 0 Å². The zero-order chi connectivity index (χ0) is 13.1. The van der Waals surface area contributed by atoms with Crippen LogP contribution in [-0.2, 0) is 19.4 Å². The molecule has 2 N–H and O–H groups in total. The molecule has 0 spiro atoms. The maximum Gasteiger partial charge on any atom is 0.125 e. The van der Waals surface area contributed by atoms with E-state index in [0.717, 1.165) is 35.5 Å². The van der Waals surface area contributed by atoms with E-state index in [4.69, 9.17) is 5.73 Å². The van der Waals surface area contributed by atoms with Gasteiger partial charge in [0.2, 0.25) is 0 Å². The minimum absolute atomic E-state index is 0.252. The Morgan fingerprint density at radius 3 is 2.61 bits per heavy atom. The van der Waals surface area contributed by atoms with Crippen LogP contribution in [0.5, 0.6) is 0 Å². The number of rotatable bonds is 4. The molecular weight excluding hydrogens is 229 g/mol. The summed E-state index contributed by atoms with van der Waals surface area (Å²) >= 11 is 0. The van der Waals surface area contributed by atoms with Crippen molar-refractivity contribution in [2.45, 2.75) is 33.2 Å². The molecule has 2 rings (SSSR count). The van der Waals surface area contributed by atoms with Crippen molar-refractivity contribution in [3.05, 3.63) is 47.0 Å². The molecule has 0 atom stereocenters. The van der Waals surface area contributed by atoms with E-state index in [1.165, 1.54) is 12.1 Å². The third-order valence-electron chi connectivity index (χ3n) is 3.10. The summed E-state index contributed by atoms with van der Waals surface area (Å²) in [6, 6.07) is 6.48. The van der Waals surface area contributed by atoms with Crippen molar-refractivity contribution in [1.82, 2.24) is 9.78 Å². The first-order valence-electron chi connectivity index (χ1n) is 6.26. The Labute approximate surface area is 106 Å². The van der Waals surface area contributed by atoms with Crippen molar-refractivity contribution in [1.29, 1.82) is 0 Å². The Bertz CT molecular complexity index is 546. The van der Waals surface area contributed by atoms with Crippen molar-refractivity contribution in [2.75, 3.05) is 0 Å². The van der Waals surface area contributed by atoms with Crippen LogP contribution in [0.4, 0.5) is 4.39 Å². The minimum atomic E-state index is -0.252. The smallest absolute Gasteiger partial charge is 0.125 e. The lowest BCUT2D eigenvalue weighted by molar-refractivity contribution is 0.624. The molecule has 0 unspecified atom stereocenters. The second kappa shape index (κ2) is 5.31. The predicted octanol–water partition coefficient (Wildman–Crippen LogP) is 2.59. The Morgan fingerprint density at radius 2 is 2.06 bits per heavy atom. The van der Waals surface area contributed by atoms with Gasteiger partial charge in [-0.05, 0) is 31.0 Å². The largest absolute Gasteiger partial charge is 0.326 e. The molecule has 0 fully saturated rings. The zero-order valence-electron chi connectivity index (χ0n) is 10.8. The highest BCUT2D eigenvalue weighted by molar-refractivity contribution is 5.38. The van der Waals surface area contributed by atoms with Crippen molar-refractivity contribution in [2.24, 2.45) is 5.73 Å². The van der Waals surface area contributed by atoms with Crippen molar-refractivity contribution in [3.63, 3.8) is 0 Å². The molecule has 0 radical (unpaired) electrons. The van der Waals surface area contributed by atoms with Crippen molar-refractivity contribution < 1.29 is 4.39 Å². The molecule has 1 aromatic heterocycles. The molecule has 0 saturated carbocycles.